The summed E-state index contributed by atoms with van der Waals surface area (Å²) in [5.74, 6) is 1.66. The lowest BCUT2D eigenvalue weighted by Gasteiger charge is -2.35. The van der Waals surface area contributed by atoms with Crippen molar-refractivity contribution in [3.63, 3.8) is 0 Å². The maximum absolute atomic E-state index is 12.8. The fourth-order valence-corrected chi connectivity index (χ4v) is 3.77. The first-order valence-electron chi connectivity index (χ1n) is 10.5. The van der Waals surface area contributed by atoms with Crippen molar-refractivity contribution in [1.29, 1.82) is 0 Å². The summed E-state index contributed by atoms with van der Waals surface area (Å²) < 4.78 is 7.01. The second-order valence-electron chi connectivity index (χ2n) is 7.56. The van der Waals surface area contributed by atoms with E-state index in [1.165, 1.54) is 0 Å². The highest BCUT2D eigenvalue weighted by atomic mass is 127. The Bertz CT molecular complexity index is 1110. The van der Waals surface area contributed by atoms with Gasteiger partial charge in [-0.15, -0.1) is 24.0 Å². The average molecular weight is 548 g/mol. The van der Waals surface area contributed by atoms with Gasteiger partial charge >= 0.3 is 0 Å². The van der Waals surface area contributed by atoms with Gasteiger partial charge in [0.25, 0.3) is 0 Å². The van der Waals surface area contributed by atoms with Gasteiger partial charge < -0.3 is 19.9 Å². The fourth-order valence-electron chi connectivity index (χ4n) is 3.77. The Balaban J connectivity index is 0.00000289. The number of aromatic nitrogens is 2. The zero-order valence-corrected chi connectivity index (χ0v) is 20.9. The number of amides is 1. The normalized spacial score (nSPS) is 14.5. The van der Waals surface area contributed by atoms with E-state index in [0.717, 1.165) is 40.3 Å². The number of methoxy groups -OCH3 is 1. The van der Waals surface area contributed by atoms with Crippen molar-refractivity contribution in [2.45, 2.75) is 13.5 Å². The van der Waals surface area contributed by atoms with Crippen LogP contribution in [0.25, 0.3) is 10.8 Å². The summed E-state index contributed by atoms with van der Waals surface area (Å²) in [6.07, 6.45) is 3.59. The van der Waals surface area contributed by atoms with Crippen LogP contribution in [0.3, 0.4) is 0 Å². The van der Waals surface area contributed by atoms with E-state index in [1.54, 1.807) is 22.9 Å². The van der Waals surface area contributed by atoms with Gasteiger partial charge in [0.05, 0.1) is 25.5 Å². The minimum absolute atomic E-state index is 0. The van der Waals surface area contributed by atoms with Crippen LogP contribution in [0.15, 0.2) is 53.8 Å². The second-order valence-corrected chi connectivity index (χ2v) is 7.56. The first-order valence-corrected chi connectivity index (χ1v) is 10.5. The number of carbonyl (C=O) groups is 1. The molecule has 0 spiro atoms. The molecule has 1 aromatic heterocycles. The van der Waals surface area contributed by atoms with E-state index in [0.29, 0.717) is 19.6 Å². The van der Waals surface area contributed by atoms with E-state index >= 15 is 0 Å². The molecule has 1 amide bonds. The molecular weight excluding hydrogens is 519 g/mol. The molecular formula is C23H29IN6O2. The van der Waals surface area contributed by atoms with Gasteiger partial charge in [-0.05, 0) is 41.5 Å². The summed E-state index contributed by atoms with van der Waals surface area (Å²) in [5, 5.41) is 9.78. The summed E-state index contributed by atoms with van der Waals surface area (Å²) >= 11 is 0. The number of benzene rings is 2. The van der Waals surface area contributed by atoms with Crippen LogP contribution < -0.4 is 15.0 Å². The molecule has 8 nitrogen and oxygen atoms in total. The zero-order chi connectivity index (χ0) is 21.8. The van der Waals surface area contributed by atoms with Crippen LogP contribution in [0.5, 0.6) is 5.75 Å². The number of hydrogen-bond acceptors (Lipinski definition) is 4. The SMILES string of the molecule is CCNC(=NCc1ccc2cc(OC)ccc2c1)N1CCN(c2cnn(C)c2)C(=O)C1.I. The van der Waals surface area contributed by atoms with Crippen LogP contribution >= 0.6 is 24.0 Å². The van der Waals surface area contributed by atoms with Crippen molar-refractivity contribution in [3.8, 4) is 5.75 Å². The molecule has 2 heterocycles. The van der Waals surface area contributed by atoms with Gasteiger partial charge in [0.1, 0.15) is 12.3 Å². The maximum atomic E-state index is 12.8. The quantitative estimate of drug-likeness (QED) is 0.302. The Labute approximate surface area is 205 Å². The van der Waals surface area contributed by atoms with Crippen molar-refractivity contribution < 1.29 is 9.53 Å². The molecule has 1 aliphatic rings. The molecule has 0 aliphatic carbocycles. The van der Waals surface area contributed by atoms with E-state index in [1.807, 2.05) is 37.2 Å². The van der Waals surface area contributed by atoms with E-state index in [2.05, 4.69) is 34.7 Å². The monoisotopic (exact) mass is 548 g/mol. The Morgan fingerprint density at radius 1 is 1.19 bits per heavy atom. The second kappa shape index (κ2) is 10.7. The molecule has 0 unspecified atom stereocenters. The van der Waals surface area contributed by atoms with Crippen molar-refractivity contribution in [2.24, 2.45) is 12.0 Å². The highest BCUT2D eigenvalue weighted by Crippen LogP contribution is 2.22. The number of aliphatic imine (C=N–C) groups is 1. The van der Waals surface area contributed by atoms with Crippen LogP contribution in [-0.2, 0) is 18.4 Å². The molecule has 4 rings (SSSR count). The number of guanidine groups is 1. The minimum Gasteiger partial charge on any atom is -0.497 e. The number of piperazine rings is 1. The molecule has 1 saturated heterocycles. The first-order chi connectivity index (χ1) is 15.1. The highest BCUT2D eigenvalue weighted by Gasteiger charge is 2.27. The number of hydrogen-bond donors (Lipinski definition) is 1. The van der Waals surface area contributed by atoms with E-state index in [9.17, 15) is 4.79 Å². The Morgan fingerprint density at radius 2 is 1.97 bits per heavy atom. The number of nitrogens with zero attached hydrogens (tertiary/aromatic N) is 5. The van der Waals surface area contributed by atoms with Crippen LogP contribution in [0.4, 0.5) is 5.69 Å². The lowest BCUT2D eigenvalue weighted by atomic mass is 10.1. The van der Waals surface area contributed by atoms with Crippen LogP contribution in [-0.4, -0.2) is 59.8 Å². The van der Waals surface area contributed by atoms with Gasteiger partial charge in [-0.1, -0.05) is 18.2 Å². The summed E-state index contributed by atoms with van der Waals surface area (Å²) in [5.41, 5.74) is 1.95. The largest absolute Gasteiger partial charge is 0.497 e. The number of anilines is 1. The predicted octanol–water partition coefficient (Wildman–Crippen LogP) is 3.01. The number of carbonyl (C=O) groups excluding carboxylic acids is 1. The van der Waals surface area contributed by atoms with Crippen LogP contribution in [0.1, 0.15) is 12.5 Å². The average Bonchev–Trinajstić information content (AvgIpc) is 3.22. The number of nitrogens with one attached hydrogen (secondary N) is 1. The number of ether oxygens (including phenoxy) is 1. The smallest absolute Gasteiger partial charge is 0.246 e. The highest BCUT2D eigenvalue weighted by molar-refractivity contribution is 14.0. The molecule has 1 N–H and O–H groups in total. The van der Waals surface area contributed by atoms with E-state index < -0.39 is 0 Å². The van der Waals surface area contributed by atoms with Gasteiger partial charge in [-0.25, -0.2) is 4.99 Å². The third-order valence-electron chi connectivity index (χ3n) is 5.38. The molecule has 1 fully saturated rings. The molecule has 3 aromatic rings. The van der Waals surface area contributed by atoms with Crippen molar-refractivity contribution in [2.75, 3.05) is 38.2 Å². The molecule has 1 aliphatic heterocycles. The van der Waals surface area contributed by atoms with Gasteiger partial charge in [0, 0.05) is 32.9 Å². The lowest BCUT2D eigenvalue weighted by Crippen LogP contribution is -2.55. The van der Waals surface area contributed by atoms with Gasteiger partial charge in [0.2, 0.25) is 5.91 Å². The Hall–Kier alpha value is -2.82. The van der Waals surface area contributed by atoms with Crippen molar-refractivity contribution in [3.05, 3.63) is 54.4 Å². The molecule has 2 aromatic carbocycles. The molecule has 0 atom stereocenters. The topological polar surface area (TPSA) is 75.0 Å². The summed E-state index contributed by atoms with van der Waals surface area (Å²) in [7, 11) is 3.53. The Morgan fingerprint density at radius 3 is 2.66 bits per heavy atom. The van der Waals surface area contributed by atoms with Gasteiger partial charge in [-0.3, -0.25) is 9.48 Å². The van der Waals surface area contributed by atoms with Gasteiger partial charge in [-0.2, -0.15) is 5.10 Å². The maximum Gasteiger partial charge on any atom is 0.246 e. The summed E-state index contributed by atoms with van der Waals surface area (Å²) in [6, 6.07) is 12.4. The Kier molecular flexibility index (Phi) is 7.94. The summed E-state index contributed by atoms with van der Waals surface area (Å²) in [4.78, 5) is 21.4. The third kappa shape index (κ3) is 5.32. The van der Waals surface area contributed by atoms with Crippen LogP contribution in [0.2, 0.25) is 0 Å². The summed E-state index contributed by atoms with van der Waals surface area (Å²) in [6.45, 7) is 4.93. The molecule has 0 saturated carbocycles. The van der Waals surface area contributed by atoms with Gasteiger partial charge in [0.15, 0.2) is 5.96 Å². The third-order valence-corrected chi connectivity index (χ3v) is 5.38. The molecule has 0 radical (unpaired) electrons. The molecule has 9 heteroatoms. The number of rotatable bonds is 5. The van der Waals surface area contributed by atoms with Crippen LogP contribution in [0, 0.1) is 0 Å². The molecule has 32 heavy (non-hydrogen) atoms. The lowest BCUT2D eigenvalue weighted by molar-refractivity contribution is -0.120. The number of fused-ring (bicyclic) bond motifs is 1. The first kappa shape index (κ1) is 23.8. The van der Waals surface area contributed by atoms with Crippen molar-refractivity contribution >= 4 is 52.3 Å². The number of halogens is 1. The molecule has 170 valence electrons. The predicted molar refractivity (Wildman–Crippen MR) is 138 cm³/mol. The molecule has 0 bridgehead atoms. The minimum atomic E-state index is 0. The number of aryl methyl sites for hydroxylation is 1. The van der Waals surface area contributed by atoms with Crippen molar-refractivity contribution in [1.82, 2.24) is 20.0 Å². The van der Waals surface area contributed by atoms with E-state index in [4.69, 9.17) is 9.73 Å². The zero-order valence-electron chi connectivity index (χ0n) is 18.6. The standard InChI is InChI=1S/C23H28N6O2.HI/c1-4-24-23(28-9-10-29(22(30)16-28)20-14-26-27(2)15-20)25-13-17-5-6-19-12-21(31-3)8-7-18(19)11-17;/h5-8,11-12,14-15H,4,9-10,13,16H2,1-3H3,(H,24,25);1H. The fraction of sp³-hybridized carbons (Fsp3) is 0.348. The van der Waals surface area contributed by atoms with E-state index in [-0.39, 0.29) is 36.4 Å².